The predicted molar refractivity (Wildman–Crippen MR) is 91.3 cm³/mol. The molecule has 0 bridgehead atoms. The van der Waals surface area contributed by atoms with Gasteiger partial charge in [-0.15, -0.1) is 0 Å². The molecule has 2 aromatic carbocycles. The fourth-order valence-electron chi connectivity index (χ4n) is 2.01. The number of amides is 1. The lowest BCUT2D eigenvalue weighted by atomic mass is 10.3. The highest BCUT2D eigenvalue weighted by atomic mass is 32.2. The number of rotatable bonds is 6. The Morgan fingerprint density at radius 2 is 1.64 bits per heavy atom. The highest BCUT2D eigenvalue weighted by Crippen LogP contribution is 2.16. The van der Waals surface area contributed by atoms with Gasteiger partial charge in [-0.3, -0.25) is 4.79 Å². The molecule has 0 radical (unpaired) electrons. The van der Waals surface area contributed by atoms with Gasteiger partial charge in [-0.05, 0) is 42.5 Å². The van der Waals surface area contributed by atoms with E-state index in [0.717, 1.165) is 30.5 Å². The van der Waals surface area contributed by atoms with Crippen molar-refractivity contribution < 1.29 is 26.0 Å². The van der Waals surface area contributed by atoms with Crippen LogP contribution in [-0.2, 0) is 24.5 Å². The molecule has 2 rings (SSSR count). The van der Waals surface area contributed by atoms with E-state index in [4.69, 9.17) is 0 Å². The van der Waals surface area contributed by atoms with Crippen LogP contribution >= 0.6 is 0 Å². The molecule has 25 heavy (non-hydrogen) atoms. The summed E-state index contributed by atoms with van der Waals surface area (Å²) >= 11 is 0. The van der Waals surface area contributed by atoms with E-state index >= 15 is 0 Å². The van der Waals surface area contributed by atoms with Crippen molar-refractivity contribution in [1.29, 1.82) is 0 Å². The van der Waals surface area contributed by atoms with Crippen LogP contribution in [0.1, 0.15) is 6.42 Å². The molecule has 6 nitrogen and oxygen atoms in total. The first-order valence-electron chi connectivity index (χ1n) is 7.16. The topological polar surface area (TPSA) is 97.4 Å². The Balaban J connectivity index is 2.02. The van der Waals surface area contributed by atoms with Gasteiger partial charge in [-0.25, -0.2) is 21.2 Å². The summed E-state index contributed by atoms with van der Waals surface area (Å²) < 4.78 is 60.0. The summed E-state index contributed by atoms with van der Waals surface area (Å²) in [6, 6.07) is 10.00. The second kappa shape index (κ2) is 7.32. The molecule has 0 heterocycles. The Morgan fingerprint density at radius 1 is 1.00 bits per heavy atom. The molecule has 0 aliphatic rings. The number of carbonyl (C=O) groups is 1. The first kappa shape index (κ1) is 19.1. The van der Waals surface area contributed by atoms with Crippen molar-refractivity contribution >= 4 is 31.3 Å². The highest BCUT2D eigenvalue weighted by molar-refractivity contribution is 7.91. The highest BCUT2D eigenvalue weighted by Gasteiger charge is 2.17. The first-order valence-corrected chi connectivity index (χ1v) is 10.7. The molecule has 0 fully saturated rings. The summed E-state index contributed by atoms with van der Waals surface area (Å²) in [4.78, 5) is 11.9. The van der Waals surface area contributed by atoms with E-state index in [-0.39, 0.29) is 21.9 Å². The molecule has 0 unspecified atom stereocenters. The molecule has 2 aromatic rings. The third-order valence-corrected chi connectivity index (χ3v) is 6.16. The lowest BCUT2D eigenvalue weighted by molar-refractivity contribution is -0.115. The third kappa shape index (κ3) is 5.36. The van der Waals surface area contributed by atoms with Crippen molar-refractivity contribution in [1.82, 2.24) is 0 Å². The van der Waals surface area contributed by atoms with E-state index in [9.17, 15) is 26.0 Å². The second-order valence-corrected chi connectivity index (χ2v) is 9.50. The number of nitrogens with one attached hydrogen (secondary N) is 1. The van der Waals surface area contributed by atoms with Crippen molar-refractivity contribution in [3.8, 4) is 0 Å². The van der Waals surface area contributed by atoms with Gasteiger partial charge in [0.2, 0.25) is 5.91 Å². The van der Waals surface area contributed by atoms with Crippen LogP contribution in [0.5, 0.6) is 0 Å². The van der Waals surface area contributed by atoms with E-state index in [1.165, 1.54) is 24.3 Å². The Hall–Kier alpha value is -2.26. The van der Waals surface area contributed by atoms with Crippen LogP contribution in [0.25, 0.3) is 0 Å². The van der Waals surface area contributed by atoms with Crippen LogP contribution in [0.15, 0.2) is 58.3 Å². The standard InChI is InChI=1S/C16H16FNO5S2/c1-24(20,21)15-4-2-3-13(11-15)18-16(19)9-10-25(22,23)14-7-5-12(17)6-8-14/h2-8,11H,9-10H2,1H3,(H,18,19). The van der Waals surface area contributed by atoms with Crippen molar-refractivity contribution in [2.24, 2.45) is 0 Å². The maximum atomic E-state index is 12.8. The fraction of sp³-hybridized carbons (Fsp3) is 0.188. The molecule has 0 aliphatic carbocycles. The number of halogens is 1. The maximum Gasteiger partial charge on any atom is 0.225 e. The van der Waals surface area contributed by atoms with Crippen LogP contribution in [0, 0.1) is 5.82 Å². The number of hydrogen-bond acceptors (Lipinski definition) is 5. The van der Waals surface area contributed by atoms with Gasteiger partial charge in [-0.1, -0.05) is 6.07 Å². The van der Waals surface area contributed by atoms with Gasteiger partial charge in [0.25, 0.3) is 0 Å². The largest absolute Gasteiger partial charge is 0.326 e. The molecule has 0 atom stereocenters. The van der Waals surface area contributed by atoms with Gasteiger partial charge in [0.15, 0.2) is 19.7 Å². The summed E-state index contributed by atoms with van der Waals surface area (Å²) in [5.41, 5.74) is 0.257. The van der Waals surface area contributed by atoms with E-state index in [1.807, 2.05) is 0 Å². The van der Waals surface area contributed by atoms with Gasteiger partial charge in [0.1, 0.15) is 5.82 Å². The minimum absolute atomic E-state index is 0.0456. The van der Waals surface area contributed by atoms with Crippen LogP contribution in [0.2, 0.25) is 0 Å². The first-order chi connectivity index (χ1) is 11.6. The van der Waals surface area contributed by atoms with Crippen LogP contribution in [0.3, 0.4) is 0 Å². The van der Waals surface area contributed by atoms with E-state index in [2.05, 4.69) is 5.32 Å². The van der Waals surface area contributed by atoms with E-state index < -0.39 is 37.2 Å². The molecule has 1 N–H and O–H groups in total. The molecule has 0 spiro atoms. The average Bonchev–Trinajstić information content (AvgIpc) is 2.53. The van der Waals surface area contributed by atoms with Gasteiger partial charge in [-0.2, -0.15) is 0 Å². The zero-order valence-corrected chi connectivity index (χ0v) is 14.9. The number of hydrogen-bond donors (Lipinski definition) is 1. The molecule has 0 saturated heterocycles. The van der Waals surface area contributed by atoms with E-state index in [0.29, 0.717) is 0 Å². The fourth-order valence-corrected chi connectivity index (χ4v) is 3.92. The van der Waals surface area contributed by atoms with Crippen molar-refractivity contribution in [2.45, 2.75) is 16.2 Å². The SMILES string of the molecule is CS(=O)(=O)c1cccc(NC(=O)CCS(=O)(=O)c2ccc(F)cc2)c1. The maximum absolute atomic E-state index is 12.8. The molecule has 0 aliphatic heterocycles. The van der Waals surface area contributed by atoms with Gasteiger partial charge in [0, 0.05) is 18.4 Å². The normalized spacial score (nSPS) is 11.9. The summed E-state index contributed by atoms with van der Waals surface area (Å²) in [6.45, 7) is 0. The smallest absolute Gasteiger partial charge is 0.225 e. The van der Waals surface area contributed by atoms with Gasteiger partial charge < -0.3 is 5.32 Å². The number of sulfone groups is 2. The third-order valence-electron chi connectivity index (χ3n) is 3.32. The summed E-state index contributed by atoms with van der Waals surface area (Å²) in [5, 5.41) is 2.46. The van der Waals surface area contributed by atoms with Crippen molar-refractivity contribution in [3.05, 3.63) is 54.3 Å². The van der Waals surface area contributed by atoms with Gasteiger partial charge in [0.05, 0.1) is 15.5 Å². The monoisotopic (exact) mass is 385 g/mol. The van der Waals surface area contributed by atoms with Crippen LogP contribution in [0.4, 0.5) is 10.1 Å². The van der Waals surface area contributed by atoms with Gasteiger partial charge >= 0.3 is 0 Å². The van der Waals surface area contributed by atoms with Crippen molar-refractivity contribution in [2.75, 3.05) is 17.3 Å². The average molecular weight is 385 g/mol. The zero-order valence-electron chi connectivity index (χ0n) is 13.3. The summed E-state index contributed by atoms with van der Waals surface area (Å²) in [7, 11) is -7.13. The lowest BCUT2D eigenvalue weighted by Crippen LogP contribution is -2.17. The lowest BCUT2D eigenvalue weighted by Gasteiger charge is -2.07. The molecular weight excluding hydrogens is 369 g/mol. The minimum atomic E-state index is -3.72. The molecule has 0 saturated carbocycles. The van der Waals surface area contributed by atoms with Crippen molar-refractivity contribution in [3.63, 3.8) is 0 Å². The zero-order chi connectivity index (χ0) is 18.7. The summed E-state index contributed by atoms with van der Waals surface area (Å²) in [6.07, 6.45) is 0.728. The number of anilines is 1. The second-order valence-electron chi connectivity index (χ2n) is 5.37. The molecular formula is C16H16FNO5S2. The predicted octanol–water partition coefficient (Wildman–Crippen LogP) is 2.03. The Morgan fingerprint density at radius 3 is 2.24 bits per heavy atom. The number of benzene rings is 2. The Bertz CT molecular complexity index is 983. The summed E-state index contributed by atoms with van der Waals surface area (Å²) in [5.74, 6) is -1.57. The molecule has 134 valence electrons. The number of carbonyl (C=O) groups excluding carboxylic acids is 1. The minimum Gasteiger partial charge on any atom is -0.326 e. The van der Waals surface area contributed by atoms with Crippen LogP contribution < -0.4 is 5.32 Å². The molecule has 0 aromatic heterocycles. The Labute approximate surface area is 145 Å². The quantitative estimate of drug-likeness (QED) is 0.768. The molecule has 1 amide bonds. The van der Waals surface area contributed by atoms with E-state index in [1.54, 1.807) is 0 Å². The van der Waals surface area contributed by atoms with Crippen LogP contribution in [-0.4, -0.2) is 34.8 Å². The Kier molecular flexibility index (Phi) is 5.58. The molecule has 9 heteroatoms.